The fourth-order valence-electron chi connectivity index (χ4n) is 7.77. The molecule has 33 heavy (non-hydrogen) atoms. The number of rotatable bonds is 6. The van der Waals surface area contributed by atoms with Crippen LogP contribution in [0.3, 0.4) is 0 Å². The van der Waals surface area contributed by atoms with Gasteiger partial charge in [-0.25, -0.2) is 0 Å². The summed E-state index contributed by atoms with van der Waals surface area (Å²) in [5.74, 6) is 3.31. The Morgan fingerprint density at radius 1 is 0.545 bits per heavy atom. The third-order valence-electron chi connectivity index (χ3n) is 9.66. The van der Waals surface area contributed by atoms with Gasteiger partial charge in [0.15, 0.2) is 0 Å². The number of aliphatic hydroxyl groups excluding tert-OH is 4. The van der Waals surface area contributed by atoms with Crippen LogP contribution in [-0.2, 0) is 0 Å². The zero-order valence-corrected chi connectivity index (χ0v) is 21.8. The van der Waals surface area contributed by atoms with Crippen LogP contribution < -0.4 is 0 Å². The summed E-state index contributed by atoms with van der Waals surface area (Å²) >= 11 is 1.92. The van der Waals surface area contributed by atoms with E-state index in [-0.39, 0.29) is 34.9 Å². The molecule has 0 bridgehead atoms. The Balaban J connectivity index is 1.33. The highest BCUT2D eigenvalue weighted by Gasteiger charge is 2.42. The molecule has 0 aromatic carbocycles. The molecule has 8 atom stereocenters. The zero-order chi connectivity index (χ0) is 23.5. The van der Waals surface area contributed by atoms with Gasteiger partial charge in [0, 0.05) is 10.5 Å². The molecular formula is C28H50O4S. The van der Waals surface area contributed by atoms with E-state index in [4.69, 9.17) is 0 Å². The van der Waals surface area contributed by atoms with Crippen molar-refractivity contribution in [2.24, 2.45) is 35.5 Å². The first kappa shape index (κ1) is 26.3. The quantitative estimate of drug-likeness (QED) is 0.421. The molecule has 0 aromatic heterocycles. The number of aliphatic hydroxyl groups is 4. The topological polar surface area (TPSA) is 80.9 Å². The summed E-state index contributed by atoms with van der Waals surface area (Å²) in [5.41, 5.74) is 0. The molecule has 4 fully saturated rings. The Morgan fingerprint density at radius 3 is 1.27 bits per heavy atom. The van der Waals surface area contributed by atoms with Gasteiger partial charge in [-0.15, -0.1) is 11.8 Å². The highest BCUT2D eigenvalue weighted by atomic mass is 32.2. The maximum absolute atomic E-state index is 11.4. The summed E-state index contributed by atoms with van der Waals surface area (Å²) in [7, 11) is 0. The van der Waals surface area contributed by atoms with Gasteiger partial charge >= 0.3 is 0 Å². The minimum absolute atomic E-state index is 0.110. The molecule has 0 spiro atoms. The summed E-state index contributed by atoms with van der Waals surface area (Å²) in [6.45, 7) is 4.69. The smallest absolute Gasteiger partial charge is 0.0687 e. The van der Waals surface area contributed by atoms with Crippen molar-refractivity contribution in [1.82, 2.24) is 0 Å². The van der Waals surface area contributed by atoms with E-state index in [1.807, 2.05) is 11.8 Å². The van der Waals surface area contributed by atoms with Crippen LogP contribution in [-0.4, -0.2) is 55.3 Å². The largest absolute Gasteiger partial charge is 0.393 e. The van der Waals surface area contributed by atoms with Crippen molar-refractivity contribution in [1.29, 1.82) is 0 Å². The van der Waals surface area contributed by atoms with E-state index in [0.717, 1.165) is 89.9 Å². The fourth-order valence-corrected chi connectivity index (χ4v) is 9.86. The summed E-state index contributed by atoms with van der Waals surface area (Å²) in [4.78, 5) is 0. The van der Waals surface area contributed by atoms with Crippen molar-refractivity contribution < 1.29 is 20.4 Å². The highest BCUT2D eigenvalue weighted by molar-refractivity contribution is 8.00. The van der Waals surface area contributed by atoms with Gasteiger partial charge in [0.05, 0.1) is 24.4 Å². The number of thioether (sulfide) groups is 1. The summed E-state index contributed by atoms with van der Waals surface area (Å²) in [6.07, 6.45) is 14.0. The summed E-state index contributed by atoms with van der Waals surface area (Å²) in [5, 5.41) is 42.9. The SMILES string of the molecule is CC1CC(CC2CCC(O)CC2)C(O)C(SC2CC(C)CC(CC3CCC(O)CC3)C2O)C1. The average molecular weight is 483 g/mol. The highest BCUT2D eigenvalue weighted by Crippen LogP contribution is 2.47. The minimum Gasteiger partial charge on any atom is -0.393 e. The average Bonchev–Trinajstić information content (AvgIpc) is 2.77. The van der Waals surface area contributed by atoms with Crippen molar-refractivity contribution in [3.63, 3.8) is 0 Å². The maximum atomic E-state index is 11.4. The van der Waals surface area contributed by atoms with Crippen LogP contribution in [0.5, 0.6) is 0 Å². The molecule has 0 amide bonds. The third-order valence-corrected chi connectivity index (χ3v) is 11.3. The molecule has 8 unspecified atom stereocenters. The Morgan fingerprint density at radius 2 is 0.909 bits per heavy atom. The lowest BCUT2D eigenvalue weighted by atomic mass is 9.72. The van der Waals surface area contributed by atoms with E-state index in [0.29, 0.717) is 35.5 Å². The molecule has 4 aliphatic carbocycles. The molecule has 4 N–H and O–H groups in total. The van der Waals surface area contributed by atoms with E-state index in [1.165, 1.54) is 0 Å². The second-order valence-corrected chi connectivity index (χ2v) is 14.2. The van der Waals surface area contributed by atoms with Crippen molar-refractivity contribution >= 4 is 11.8 Å². The van der Waals surface area contributed by atoms with E-state index < -0.39 is 0 Å². The van der Waals surface area contributed by atoms with Crippen LogP contribution in [0.4, 0.5) is 0 Å². The van der Waals surface area contributed by atoms with Gasteiger partial charge in [0.2, 0.25) is 0 Å². The standard InChI is InChI=1S/C28H50O4S/c1-17-11-21(15-19-3-7-23(29)8-4-19)27(31)25(13-17)33-26-14-18(2)12-22(28(26)32)16-20-5-9-24(30)10-6-20/h17-32H,3-16H2,1-2H3. The van der Waals surface area contributed by atoms with Gasteiger partial charge < -0.3 is 20.4 Å². The lowest BCUT2D eigenvalue weighted by Gasteiger charge is -2.45. The van der Waals surface area contributed by atoms with Crippen LogP contribution in [0.1, 0.15) is 104 Å². The van der Waals surface area contributed by atoms with Crippen molar-refractivity contribution in [2.45, 2.75) is 139 Å². The molecule has 0 aromatic rings. The Labute approximate surface area is 206 Å². The second kappa shape index (κ2) is 12.0. The molecule has 5 heteroatoms. The monoisotopic (exact) mass is 482 g/mol. The molecule has 4 rings (SSSR count). The molecule has 0 radical (unpaired) electrons. The first-order chi connectivity index (χ1) is 15.8. The lowest BCUT2D eigenvalue weighted by Crippen LogP contribution is -2.45. The summed E-state index contributed by atoms with van der Waals surface area (Å²) < 4.78 is 0. The third kappa shape index (κ3) is 7.12. The van der Waals surface area contributed by atoms with Crippen LogP contribution >= 0.6 is 11.8 Å². The molecular weight excluding hydrogens is 432 g/mol. The Hall–Kier alpha value is 0.190. The first-order valence-electron chi connectivity index (χ1n) is 14.2. The van der Waals surface area contributed by atoms with E-state index in [9.17, 15) is 20.4 Å². The molecule has 0 saturated heterocycles. The number of hydrogen-bond acceptors (Lipinski definition) is 5. The van der Waals surface area contributed by atoms with E-state index in [2.05, 4.69) is 13.8 Å². The lowest BCUT2D eigenvalue weighted by molar-refractivity contribution is 0.0257. The van der Waals surface area contributed by atoms with Gasteiger partial charge in [-0.2, -0.15) is 0 Å². The van der Waals surface area contributed by atoms with Crippen molar-refractivity contribution in [3.05, 3.63) is 0 Å². The zero-order valence-electron chi connectivity index (χ0n) is 21.0. The fraction of sp³-hybridized carbons (Fsp3) is 1.00. The van der Waals surface area contributed by atoms with Crippen LogP contribution in [0.25, 0.3) is 0 Å². The predicted molar refractivity (Wildman–Crippen MR) is 136 cm³/mol. The normalized spacial score (nSPS) is 49.6. The number of hydrogen-bond donors (Lipinski definition) is 4. The van der Waals surface area contributed by atoms with Crippen LogP contribution in [0.2, 0.25) is 0 Å². The van der Waals surface area contributed by atoms with Gasteiger partial charge in [-0.3, -0.25) is 0 Å². The van der Waals surface area contributed by atoms with Crippen molar-refractivity contribution in [2.75, 3.05) is 0 Å². The molecule has 0 heterocycles. The van der Waals surface area contributed by atoms with Crippen molar-refractivity contribution in [3.8, 4) is 0 Å². The Bertz CT molecular complexity index is 536. The van der Waals surface area contributed by atoms with Gasteiger partial charge in [0.25, 0.3) is 0 Å². The maximum Gasteiger partial charge on any atom is 0.0687 e. The molecule has 4 saturated carbocycles. The van der Waals surface area contributed by atoms with Gasteiger partial charge in [0.1, 0.15) is 0 Å². The Kier molecular flexibility index (Phi) is 9.51. The predicted octanol–water partition coefficient (Wildman–Crippen LogP) is 5.15. The molecule has 0 aliphatic heterocycles. The van der Waals surface area contributed by atoms with E-state index in [1.54, 1.807) is 0 Å². The van der Waals surface area contributed by atoms with Crippen LogP contribution in [0, 0.1) is 35.5 Å². The van der Waals surface area contributed by atoms with Gasteiger partial charge in [-0.05, 0) is 125 Å². The molecule has 4 aliphatic rings. The van der Waals surface area contributed by atoms with E-state index >= 15 is 0 Å². The molecule has 192 valence electrons. The summed E-state index contributed by atoms with van der Waals surface area (Å²) in [6, 6.07) is 0. The van der Waals surface area contributed by atoms with Crippen LogP contribution in [0.15, 0.2) is 0 Å². The molecule has 4 nitrogen and oxygen atoms in total. The second-order valence-electron chi connectivity index (χ2n) is 12.7. The first-order valence-corrected chi connectivity index (χ1v) is 15.1. The minimum atomic E-state index is -0.263. The van der Waals surface area contributed by atoms with Gasteiger partial charge in [-0.1, -0.05) is 13.8 Å².